The lowest BCUT2D eigenvalue weighted by molar-refractivity contribution is -0.121. The summed E-state index contributed by atoms with van der Waals surface area (Å²) in [4.78, 5) is 15.0. The SMILES string of the molecule is Cc1ccc(N)cc1NC(=O)C1CCCN(Cc2ccccc2)C1. The number of nitrogens with zero attached hydrogens (tertiary/aromatic N) is 1. The van der Waals surface area contributed by atoms with Gasteiger partial charge in [0.1, 0.15) is 0 Å². The molecule has 0 radical (unpaired) electrons. The Bertz CT molecular complexity index is 699. The van der Waals surface area contributed by atoms with Crippen molar-refractivity contribution < 1.29 is 4.79 Å². The summed E-state index contributed by atoms with van der Waals surface area (Å²) in [5, 5.41) is 3.06. The van der Waals surface area contributed by atoms with Crippen molar-refractivity contribution in [2.45, 2.75) is 26.3 Å². The van der Waals surface area contributed by atoms with E-state index in [0.29, 0.717) is 5.69 Å². The summed E-state index contributed by atoms with van der Waals surface area (Å²) >= 11 is 0. The maximum absolute atomic E-state index is 12.7. The highest BCUT2D eigenvalue weighted by Gasteiger charge is 2.26. The maximum atomic E-state index is 12.7. The van der Waals surface area contributed by atoms with Crippen molar-refractivity contribution >= 4 is 17.3 Å². The molecule has 1 unspecified atom stereocenters. The molecule has 0 saturated carbocycles. The van der Waals surface area contributed by atoms with Crippen LogP contribution in [0, 0.1) is 12.8 Å². The van der Waals surface area contributed by atoms with E-state index in [9.17, 15) is 4.79 Å². The van der Waals surface area contributed by atoms with Crippen molar-refractivity contribution in [3.05, 3.63) is 59.7 Å². The lowest BCUT2D eigenvalue weighted by Crippen LogP contribution is -2.40. The molecule has 1 saturated heterocycles. The van der Waals surface area contributed by atoms with Crippen molar-refractivity contribution in [3.8, 4) is 0 Å². The average Bonchev–Trinajstić information content (AvgIpc) is 2.59. The van der Waals surface area contributed by atoms with E-state index in [1.54, 1.807) is 0 Å². The first-order valence-corrected chi connectivity index (χ1v) is 8.55. The van der Waals surface area contributed by atoms with Crippen LogP contribution in [0.5, 0.6) is 0 Å². The normalized spacial score (nSPS) is 18.3. The van der Waals surface area contributed by atoms with Gasteiger partial charge in [0.25, 0.3) is 0 Å². The Morgan fingerprint density at radius 2 is 2.04 bits per heavy atom. The van der Waals surface area contributed by atoms with E-state index < -0.39 is 0 Å². The zero-order chi connectivity index (χ0) is 16.9. The van der Waals surface area contributed by atoms with Gasteiger partial charge in [-0.05, 0) is 49.6 Å². The van der Waals surface area contributed by atoms with Crippen molar-refractivity contribution in [2.24, 2.45) is 5.92 Å². The van der Waals surface area contributed by atoms with Gasteiger partial charge in [-0.15, -0.1) is 0 Å². The number of piperidine rings is 1. The molecule has 1 heterocycles. The zero-order valence-corrected chi connectivity index (χ0v) is 14.2. The number of likely N-dealkylation sites (tertiary alicyclic amines) is 1. The fourth-order valence-corrected chi connectivity index (χ4v) is 3.26. The molecule has 1 fully saturated rings. The molecule has 0 aliphatic carbocycles. The van der Waals surface area contributed by atoms with Crippen molar-refractivity contribution in [1.29, 1.82) is 0 Å². The Labute approximate surface area is 143 Å². The fourth-order valence-electron chi connectivity index (χ4n) is 3.26. The minimum Gasteiger partial charge on any atom is -0.399 e. The highest BCUT2D eigenvalue weighted by atomic mass is 16.1. The maximum Gasteiger partial charge on any atom is 0.228 e. The molecule has 4 nitrogen and oxygen atoms in total. The molecular weight excluding hydrogens is 298 g/mol. The number of carbonyl (C=O) groups is 1. The van der Waals surface area contributed by atoms with E-state index in [4.69, 9.17) is 5.73 Å². The van der Waals surface area contributed by atoms with Crippen molar-refractivity contribution in [2.75, 3.05) is 24.1 Å². The van der Waals surface area contributed by atoms with E-state index in [1.165, 1.54) is 5.56 Å². The van der Waals surface area contributed by atoms with E-state index in [2.05, 4.69) is 34.5 Å². The number of rotatable bonds is 4. The Morgan fingerprint density at radius 3 is 2.83 bits per heavy atom. The molecule has 1 atom stereocenters. The van der Waals surface area contributed by atoms with Crippen LogP contribution in [0.25, 0.3) is 0 Å². The number of aryl methyl sites for hydroxylation is 1. The van der Waals surface area contributed by atoms with Gasteiger partial charge < -0.3 is 11.1 Å². The van der Waals surface area contributed by atoms with E-state index in [0.717, 1.165) is 43.7 Å². The Kier molecular flexibility index (Phi) is 5.16. The van der Waals surface area contributed by atoms with Gasteiger partial charge in [-0.25, -0.2) is 0 Å². The number of benzene rings is 2. The third-order valence-corrected chi connectivity index (χ3v) is 4.64. The number of nitrogens with one attached hydrogen (secondary N) is 1. The van der Waals surface area contributed by atoms with Crippen LogP contribution < -0.4 is 11.1 Å². The van der Waals surface area contributed by atoms with Gasteiger partial charge in [-0.2, -0.15) is 0 Å². The molecular formula is C20H25N3O. The standard InChI is InChI=1S/C20H25N3O/c1-15-9-10-18(21)12-19(15)22-20(24)17-8-5-11-23(14-17)13-16-6-3-2-4-7-16/h2-4,6-7,9-10,12,17H,5,8,11,13-14,21H2,1H3,(H,22,24). The summed E-state index contributed by atoms with van der Waals surface area (Å²) in [5.41, 5.74) is 9.65. The Morgan fingerprint density at radius 1 is 1.25 bits per heavy atom. The van der Waals surface area contributed by atoms with Crippen molar-refractivity contribution in [1.82, 2.24) is 4.90 Å². The monoisotopic (exact) mass is 323 g/mol. The smallest absolute Gasteiger partial charge is 0.228 e. The summed E-state index contributed by atoms with van der Waals surface area (Å²) < 4.78 is 0. The first kappa shape index (κ1) is 16.5. The average molecular weight is 323 g/mol. The summed E-state index contributed by atoms with van der Waals surface area (Å²) in [5.74, 6) is 0.129. The number of amides is 1. The highest BCUT2D eigenvalue weighted by molar-refractivity contribution is 5.93. The fraction of sp³-hybridized carbons (Fsp3) is 0.350. The molecule has 3 rings (SSSR count). The highest BCUT2D eigenvalue weighted by Crippen LogP contribution is 2.23. The van der Waals surface area contributed by atoms with Crippen molar-refractivity contribution in [3.63, 3.8) is 0 Å². The van der Waals surface area contributed by atoms with Crippen LogP contribution >= 0.6 is 0 Å². The lowest BCUT2D eigenvalue weighted by atomic mass is 9.96. The van der Waals surface area contributed by atoms with E-state index >= 15 is 0 Å². The zero-order valence-electron chi connectivity index (χ0n) is 14.2. The largest absolute Gasteiger partial charge is 0.399 e. The van der Waals surface area contributed by atoms with Gasteiger partial charge in [0, 0.05) is 24.5 Å². The van der Waals surface area contributed by atoms with Gasteiger partial charge in [0.15, 0.2) is 0 Å². The van der Waals surface area contributed by atoms with Gasteiger partial charge >= 0.3 is 0 Å². The lowest BCUT2D eigenvalue weighted by Gasteiger charge is -2.32. The van der Waals surface area contributed by atoms with Crippen LogP contribution in [0.1, 0.15) is 24.0 Å². The summed E-state index contributed by atoms with van der Waals surface area (Å²) in [6.07, 6.45) is 2.00. The molecule has 126 valence electrons. The van der Waals surface area contributed by atoms with Crippen LogP contribution in [0.15, 0.2) is 48.5 Å². The first-order chi connectivity index (χ1) is 11.6. The van der Waals surface area contributed by atoms with Crippen LogP contribution in [0.4, 0.5) is 11.4 Å². The quantitative estimate of drug-likeness (QED) is 0.848. The van der Waals surface area contributed by atoms with Gasteiger partial charge in [-0.1, -0.05) is 36.4 Å². The number of hydrogen-bond acceptors (Lipinski definition) is 3. The molecule has 0 aromatic heterocycles. The molecule has 0 bridgehead atoms. The molecule has 2 aromatic carbocycles. The third kappa shape index (κ3) is 4.15. The minimum absolute atomic E-state index is 0.0308. The summed E-state index contributed by atoms with van der Waals surface area (Å²) in [6, 6.07) is 16.1. The molecule has 2 aromatic rings. The number of anilines is 2. The topological polar surface area (TPSA) is 58.4 Å². The molecule has 3 N–H and O–H groups in total. The molecule has 24 heavy (non-hydrogen) atoms. The number of nitrogen functional groups attached to an aromatic ring is 1. The predicted octanol–water partition coefficient (Wildman–Crippen LogP) is 3.43. The van der Waals surface area contributed by atoms with Gasteiger partial charge in [0.05, 0.1) is 5.92 Å². The predicted molar refractivity (Wildman–Crippen MR) is 98.7 cm³/mol. The Balaban J connectivity index is 1.61. The number of nitrogens with two attached hydrogens (primary N) is 1. The number of carbonyl (C=O) groups excluding carboxylic acids is 1. The van der Waals surface area contributed by atoms with Gasteiger partial charge in [0.2, 0.25) is 5.91 Å². The van der Waals surface area contributed by atoms with Crippen LogP contribution in [0.2, 0.25) is 0 Å². The van der Waals surface area contributed by atoms with E-state index in [-0.39, 0.29) is 11.8 Å². The Hall–Kier alpha value is -2.33. The van der Waals surface area contributed by atoms with Crippen LogP contribution in [0.3, 0.4) is 0 Å². The third-order valence-electron chi connectivity index (χ3n) is 4.64. The van der Waals surface area contributed by atoms with Crippen LogP contribution in [-0.4, -0.2) is 23.9 Å². The second-order valence-corrected chi connectivity index (χ2v) is 6.62. The van der Waals surface area contributed by atoms with Crippen LogP contribution in [-0.2, 0) is 11.3 Å². The van der Waals surface area contributed by atoms with Gasteiger partial charge in [-0.3, -0.25) is 9.69 Å². The summed E-state index contributed by atoms with van der Waals surface area (Å²) in [6.45, 7) is 4.75. The molecule has 1 aliphatic rings. The molecule has 1 aliphatic heterocycles. The minimum atomic E-state index is 0.0308. The first-order valence-electron chi connectivity index (χ1n) is 8.55. The molecule has 0 spiro atoms. The second-order valence-electron chi connectivity index (χ2n) is 6.62. The second kappa shape index (κ2) is 7.49. The summed E-state index contributed by atoms with van der Waals surface area (Å²) in [7, 11) is 0. The molecule has 4 heteroatoms. The molecule has 1 amide bonds. The van der Waals surface area contributed by atoms with E-state index in [1.807, 2.05) is 31.2 Å². The number of hydrogen-bond donors (Lipinski definition) is 2.